The normalized spacial score (nSPS) is 12.3. The van der Waals surface area contributed by atoms with E-state index in [-0.39, 0.29) is 31.7 Å². The smallest absolute Gasteiger partial charge is 0.408 e. The molecule has 2 aromatic carbocycles. The third-order valence-corrected chi connectivity index (χ3v) is 4.55. The summed E-state index contributed by atoms with van der Waals surface area (Å²) in [5.41, 5.74) is 6.98. The molecular weight excluding hydrogens is 398 g/mol. The van der Waals surface area contributed by atoms with Crippen molar-refractivity contribution in [2.45, 2.75) is 44.9 Å². The number of rotatable bonds is 11. The van der Waals surface area contributed by atoms with Crippen molar-refractivity contribution in [3.05, 3.63) is 71.8 Å². The van der Waals surface area contributed by atoms with Crippen LogP contribution in [0.5, 0.6) is 0 Å². The fourth-order valence-electron chi connectivity index (χ4n) is 2.87. The Hall–Kier alpha value is -3.68. The lowest BCUT2D eigenvalue weighted by molar-refractivity contribution is -0.129. The Morgan fingerprint density at radius 2 is 1.45 bits per heavy atom. The first-order valence-corrected chi connectivity index (χ1v) is 9.95. The minimum Gasteiger partial charge on any atom is -0.445 e. The topological polar surface area (TPSA) is 128 Å². The van der Waals surface area contributed by atoms with Gasteiger partial charge < -0.3 is 25.9 Å². The van der Waals surface area contributed by atoms with Crippen LogP contribution in [0, 0.1) is 0 Å². The zero-order valence-electron chi connectivity index (χ0n) is 17.4. The minimum absolute atomic E-state index is 0.0505. The number of hydrogen-bond acceptors (Lipinski definition) is 5. The standard InChI is InChI=1S/C23H27N3O5/c1-16(27)12-13-19(21(24)28)25-22(29)20(14-17-8-4-2-5-9-17)26-23(30)31-15-18-10-6-3-7-11-18/h2-11,19-20H,12-15H2,1H3,(H2,24,28)(H,25,29)(H,26,30)/t19-,20-/m1/s1. The zero-order valence-corrected chi connectivity index (χ0v) is 17.4. The molecule has 0 spiro atoms. The number of amides is 3. The maximum absolute atomic E-state index is 12.8. The highest BCUT2D eigenvalue weighted by Gasteiger charge is 2.26. The highest BCUT2D eigenvalue weighted by molar-refractivity contribution is 5.91. The van der Waals surface area contributed by atoms with Crippen molar-refractivity contribution in [2.75, 3.05) is 0 Å². The predicted octanol–water partition coefficient (Wildman–Crippen LogP) is 1.86. The predicted molar refractivity (Wildman–Crippen MR) is 115 cm³/mol. The van der Waals surface area contributed by atoms with Crippen LogP contribution < -0.4 is 16.4 Å². The maximum Gasteiger partial charge on any atom is 0.408 e. The van der Waals surface area contributed by atoms with E-state index >= 15 is 0 Å². The van der Waals surface area contributed by atoms with E-state index in [0.29, 0.717) is 0 Å². The van der Waals surface area contributed by atoms with Crippen LogP contribution in [0.2, 0.25) is 0 Å². The van der Waals surface area contributed by atoms with Gasteiger partial charge in [-0.25, -0.2) is 4.79 Å². The van der Waals surface area contributed by atoms with Crippen LogP contribution >= 0.6 is 0 Å². The summed E-state index contributed by atoms with van der Waals surface area (Å²) in [7, 11) is 0. The molecule has 8 nitrogen and oxygen atoms in total. The fourth-order valence-corrected chi connectivity index (χ4v) is 2.87. The number of primary amides is 1. The number of carbonyl (C=O) groups is 4. The van der Waals surface area contributed by atoms with Gasteiger partial charge in [-0.2, -0.15) is 0 Å². The van der Waals surface area contributed by atoms with Crippen molar-refractivity contribution in [1.29, 1.82) is 0 Å². The van der Waals surface area contributed by atoms with Crippen LogP contribution in [0.3, 0.4) is 0 Å². The number of benzene rings is 2. The molecule has 8 heteroatoms. The Labute approximate surface area is 181 Å². The second-order valence-corrected chi connectivity index (χ2v) is 7.15. The van der Waals surface area contributed by atoms with E-state index in [1.54, 1.807) is 0 Å². The molecule has 0 saturated heterocycles. The van der Waals surface area contributed by atoms with E-state index in [4.69, 9.17) is 10.5 Å². The van der Waals surface area contributed by atoms with E-state index < -0.39 is 30.0 Å². The summed E-state index contributed by atoms with van der Waals surface area (Å²) in [5, 5.41) is 5.09. The molecular formula is C23H27N3O5. The third kappa shape index (κ3) is 8.69. The van der Waals surface area contributed by atoms with Crippen molar-refractivity contribution in [1.82, 2.24) is 10.6 Å². The number of nitrogens with two attached hydrogens (primary N) is 1. The van der Waals surface area contributed by atoms with Crippen LogP contribution in [-0.4, -0.2) is 35.8 Å². The first-order chi connectivity index (χ1) is 14.8. The van der Waals surface area contributed by atoms with Gasteiger partial charge in [0.1, 0.15) is 24.5 Å². The number of ether oxygens (including phenoxy) is 1. The molecule has 0 aromatic heterocycles. The van der Waals surface area contributed by atoms with E-state index in [0.717, 1.165) is 11.1 Å². The molecule has 0 unspecified atom stereocenters. The molecule has 2 atom stereocenters. The Bertz CT molecular complexity index is 887. The Kier molecular flexibility index (Phi) is 9.22. The summed E-state index contributed by atoms with van der Waals surface area (Å²) in [6.45, 7) is 1.44. The van der Waals surface area contributed by atoms with Crippen LogP contribution in [0.4, 0.5) is 4.79 Å². The van der Waals surface area contributed by atoms with Crippen molar-refractivity contribution in [3.63, 3.8) is 0 Å². The molecule has 2 aromatic rings. The molecule has 0 heterocycles. The van der Waals surface area contributed by atoms with Gasteiger partial charge in [-0.15, -0.1) is 0 Å². The zero-order chi connectivity index (χ0) is 22.6. The molecule has 0 fully saturated rings. The molecule has 31 heavy (non-hydrogen) atoms. The molecule has 0 aliphatic heterocycles. The van der Waals surface area contributed by atoms with E-state index in [2.05, 4.69) is 10.6 Å². The average Bonchev–Trinajstić information content (AvgIpc) is 2.75. The summed E-state index contributed by atoms with van der Waals surface area (Å²) < 4.78 is 5.21. The number of Topliss-reactive ketones (excluding diaryl/α,β-unsaturated/α-hetero) is 1. The van der Waals surface area contributed by atoms with Crippen molar-refractivity contribution < 1.29 is 23.9 Å². The van der Waals surface area contributed by atoms with E-state index in [1.165, 1.54) is 6.92 Å². The Morgan fingerprint density at radius 1 is 0.871 bits per heavy atom. The van der Waals surface area contributed by atoms with Gasteiger partial charge in [0.05, 0.1) is 0 Å². The summed E-state index contributed by atoms with van der Waals surface area (Å²) in [5.74, 6) is -1.46. The summed E-state index contributed by atoms with van der Waals surface area (Å²) in [6, 6.07) is 16.2. The molecule has 3 amide bonds. The molecule has 0 radical (unpaired) electrons. The summed E-state index contributed by atoms with van der Waals surface area (Å²) in [6.07, 6.45) is -0.388. The summed E-state index contributed by atoms with van der Waals surface area (Å²) >= 11 is 0. The van der Waals surface area contributed by atoms with Crippen LogP contribution in [0.15, 0.2) is 60.7 Å². The SMILES string of the molecule is CC(=O)CC[C@@H](NC(=O)[C@@H](Cc1ccccc1)NC(=O)OCc1ccccc1)C(N)=O. The molecule has 4 N–H and O–H groups in total. The average molecular weight is 425 g/mol. The molecule has 0 saturated carbocycles. The quantitative estimate of drug-likeness (QED) is 0.506. The van der Waals surface area contributed by atoms with E-state index in [1.807, 2.05) is 60.7 Å². The van der Waals surface area contributed by atoms with Gasteiger partial charge in [-0.1, -0.05) is 60.7 Å². The van der Waals surface area contributed by atoms with Crippen LogP contribution in [0.25, 0.3) is 0 Å². The first-order valence-electron chi connectivity index (χ1n) is 9.95. The second kappa shape index (κ2) is 12.1. The molecule has 164 valence electrons. The number of ketones is 1. The van der Waals surface area contributed by atoms with Gasteiger partial charge in [-0.05, 0) is 24.5 Å². The molecule has 0 bridgehead atoms. The maximum atomic E-state index is 12.8. The summed E-state index contributed by atoms with van der Waals surface area (Å²) in [4.78, 5) is 48.1. The monoisotopic (exact) mass is 425 g/mol. The number of hydrogen-bond donors (Lipinski definition) is 3. The van der Waals surface area contributed by atoms with Gasteiger partial charge >= 0.3 is 6.09 Å². The van der Waals surface area contributed by atoms with E-state index in [9.17, 15) is 19.2 Å². The highest BCUT2D eigenvalue weighted by atomic mass is 16.5. The van der Waals surface area contributed by atoms with Gasteiger partial charge in [0, 0.05) is 12.8 Å². The number of alkyl carbamates (subject to hydrolysis) is 1. The lowest BCUT2D eigenvalue weighted by atomic mass is 10.0. The lowest BCUT2D eigenvalue weighted by Gasteiger charge is -2.22. The van der Waals surface area contributed by atoms with Crippen molar-refractivity contribution in [2.24, 2.45) is 5.73 Å². The largest absolute Gasteiger partial charge is 0.445 e. The molecule has 0 aliphatic rings. The van der Waals surface area contributed by atoms with Gasteiger partial charge in [0.25, 0.3) is 0 Å². The number of nitrogens with one attached hydrogen (secondary N) is 2. The van der Waals surface area contributed by atoms with Crippen molar-refractivity contribution >= 4 is 23.7 Å². The molecule has 2 rings (SSSR count). The third-order valence-electron chi connectivity index (χ3n) is 4.55. The Balaban J connectivity index is 2.05. The van der Waals surface area contributed by atoms with Gasteiger partial charge in [0.2, 0.25) is 11.8 Å². The first kappa shape index (κ1) is 23.6. The molecule has 0 aliphatic carbocycles. The minimum atomic E-state index is -1.02. The van der Waals surface area contributed by atoms with Crippen LogP contribution in [-0.2, 0) is 32.1 Å². The second-order valence-electron chi connectivity index (χ2n) is 7.15. The fraction of sp³-hybridized carbons (Fsp3) is 0.304. The Morgan fingerprint density at radius 3 is 2.00 bits per heavy atom. The van der Waals surface area contributed by atoms with Crippen LogP contribution in [0.1, 0.15) is 30.9 Å². The van der Waals surface area contributed by atoms with Gasteiger partial charge in [0.15, 0.2) is 0 Å². The lowest BCUT2D eigenvalue weighted by Crippen LogP contribution is -2.53. The highest BCUT2D eigenvalue weighted by Crippen LogP contribution is 2.07. The van der Waals surface area contributed by atoms with Crippen molar-refractivity contribution in [3.8, 4) is 0 Å². The number of carbonyl (C=O) groups excluding carboxylic acids is 4. The van der Waals surface area contributed by atoms with Gasteiger partial charge in [-0.3, -0.25) is 9.59 Å².